The highest BCUT2D eigenvalue weighted by Gasteiger charge is 2.41. The van der Waals surface area contributed by atoms with E-state index in [0.717, 1.165) is 62.8 Å². The van der Waals surface area contributed by atoms with E-state index < -0.39 is 17.9 Å². The van der Waals surface area contributed by atoms with E-state index in [9.17, 15) is 9.59 Å². The summed E-state index contributed by atoms with van der Waals surface area (Å²) in [6.45, 7) is 5.51. The van der Waals surface area contributed by atoms with Crippen LogP contribution in [0.15, 0.2) is 22.9 Å². The lowest BCUT2D eigenvalue weighted by molar-refractivity contribution is -0.121. The number of halogens is 1. The molecule has 3 N–H and O–H groups in total. The second-order valence-electron chi connectivity index (χ2n) is 11.7. The third-order valence-corrected chi connectivity index (χ3v) is 9.06. The standard InChI is InChI=1S/C31H41FN6O3/c1-4-24-26(19(3)36-37-24)22-15-16-25(33-29(22)32)34-31(40)28(35-30(39)23-17-41-38-18(23)2)27(20-11-7-5-8-12-20)21-13-9-6-10-14-21/h15-17,20-21,27-28H,4-14H2,1-3H3,(H,35,39)(H,36,37)(H,33,34,40). The van der Waals surface area contributed by atoms with Crippen molar-refractivity contribution in [2.45, 2.75) is 97.4 Å². The third-order valence-electron chi connectivity index (χ3n) is 9.06. The number of hydrogen-bond donors (Lipinski definition) is 3. The Morgan fingerprint density at radius 1 is 1.05 bits per heavy atom. The van der Waals surface area contributed by atoms with Gasteiger partial charge >= 0.3 is 0 Å². The van der Waals surface area contributed by atoms with Gasteiger partial charge in [-0.2, -0.15) is 9.49 Å². The quantitative estimate of drug-likeness (QED) is 0.262. The number of amides is 2. The average molecular weight is 565 g/mol. The minimum absolute atomic E-state index is 0.0236. The Hall–Kier alpha value is -3.56. The van der Waals surface area contributed by atoms with Crippen LogP contribution >= 0.6 is 0 Å². The van der Waals surface area contributed by atoms with Crippen molar-refractivity contribution >= 4 is 17.6 Å². The fourth-order valence-electron chi connectivity index (χ4n) is 7.02. The van der Waals surface area contributed by atoms with Crippen LogP contribution in [0.4, 0.5) is 10.2 Å². The van der Waals surface area contributed by atoms with Crippen LogP contribution in [0.25, 0.3) is 11.1 Å². The molecule has 3 aromatic rings. The molecule has 9 nitrogen and oxygen atoms in total. The normalized spacial score (nSPS) is 17.5. The molecule has 3 aromatic heterocycles. The van der Waals surface area contributed by atoms with Gasteiger partial charge in [-0.05, 0) is 50.2 Å². The molecule has 0 aromatic carbocycles. The molecule has 0 saturated heterocycles. The molecule has 3 heterocycles. The summed E-state index contributed by atoms with van der Waals surface area (Å²) in [5.74, 6) is -0.699. The number of carbonyl (C=O) groups excluding carboxylic acids is 2. The van der Waals surface area contributed by atoms with Gasteiger partial charge in [-0.15, -0.1) is 0 Å². The van der Waals surface area contributed by atoms with Crippen molar-refractivity contribution in [2.75, 3.05) is 5.32 Å². The monoisotopic (exact) mass is 564 g/mol. The highest BCUT2D eigenvalue weighted by molar-refractivity contribution is 6.01. The molecule has 2 aliphatic carbocycles. The summed E-state index contributed by atoms with van der Waals surface area (Å²) < 4.78 is 20.4. The van der Waals surface area contributed by atoms with E-state index in [2.05, 4.69) is 31.0 Å². The van der Waals surface area contributed by atoms with Crippen molar-refractivity contribution in [3.8, 4) is 11.1 Å². The first-order valence-electron chi connectivity index (χ1n) is 15.1. The lowest BCUT2D eigenvalue weighted by atomic mass is 9.66. The first-order valence-corrected chi connectivity index (χ1v) is 15.1. The Kier molecular flexibility index (Phi) is 9.15. The zero-order valence-corrected chi connectivity index (χ0v) is 24.3. The molecule has 10 heteroatoms. The van der Waals surface area contributed by atoms with Gasteiger partial charge < -0.3 is 15.2 Å². The van der Waals surface area contributed by atoms with Crippen LogP contribution in [0.1, 0.15) is 98.6 Å². The van der Waals surface area contributed by atoms with E-state index in [1.807, 2.05) is 13.8 Å². The maximum atomic E-state index is 15.4. The predicted octanol–water partition coefficient (Wildman–Crippen LogP) is 6.29. The summed E-state index contributed by atoms with van der Waals surface area (Å²) in [6, 6.07) is 2.44. The maximum absolute atomic E-state index is 15.4. The molecule has 0 bridgehead atoms. The van der Waals surface area contributed by atoms with Gasteiger partial charge in [-0.1, -0.05) is 76.3 Å². The lowest BCUT2D eigenvalue weighted by Crippen LogP contribution is -2.53. The fraction of sp³-hybridized carbons (Fsp3) is 0.581. The zero-order valence-electron chi connectivity index (χ0n) is 24.3. The molecule has 2 aliphatic rings. The van der Waals surface area contributed by atoms with Gasteiger partial charge in [0.1, 0.15) is 23.7 Å². The molecule has 2 amide bonds. The van der Waals surface area contributed by atoms with Crippen LogP contribution in [0.3, 0.4) is 0 Å². The molecule has 0 radical (unpaired) electrons. The van der Waals surface area contributed by atoms with E-state index in [0.29, 0.717) is 40.6 Å². The van der Waals surface area contributed by atoms with Gasteiger partial charge in [-0.25, -0.2) is 4.98 Å². The number of anilines is 1. The summed E-state index contributed by atoms with van der Waals surface area (Å²) >= 11 is 0. The Balaban J connectivity index is 1.45. The molecule has 0 aliphatic heterocycles. The van der Waals surface area contributed by atoms with Crippen molar-refractivity contribution in [1.82, 2.24) is 25.7 Å². The van der Waals surface area contributed by atoms with Crippen LogP contribution < -0.4 is 10.6 Å². The second-order valence-corrected chi connectivity index (χ2v) is 11.7. The smallest absolute Gasteiger partial charge is 0.257 e. The minimum atomic E-state index is -0.796. The molecule has 0 spiro atoms. The van der Waals surface area contributed by atoms with Crippen LogP contribution in [0.2, 0.25) is 0 Å². The van der Waals surface area contributed by atoms with Crippen molar-refractivity contribution in [3.63, 3.8) is 0 Å². The first-order chi connectivity index (χ1) is 19.9. The minimum Gasteiger partial charge on any atom is -0.364 e. The summed E-state index contributed by atoms with van der Waals surface area (Å²) in [4.78, 5) is 31.6. The summed E-state index contributed by atoms with van der Waals surface area (Å²) in [5, 5.41) is 16.9. The van der Waals surface area contributed by atoms with Crippen LogP contribution in [-0.4, -0.2) is 38.2 Å². The van der Waals surface area contributed by atoms with Crippen molar-refractivity contribution < 1.29 is 18.5 Å². The Morgan fingerprint density at radius 3 is 2.27 bits per heavy atom. The number of H-pyrrole nitrogens is 1. The maximum Gasteiger partial charge on any atom is 0.257 e. The van der Waals surface area contributed by atoms with Crippen LogP contribution in [0, 0.1) is 37.5 Å². The van der Waals surface area contributed by atoms with Gasteiger partial charge in [0, 0.05) is 16.8 Å². The Bertz CT molecular complexity index is 1340. The Labute approximate surface area is 240 Å². The molecular weight excluding hydrogens is 523 g/mol. The molecule has 41 heavy (non-hydrogen) atoms. The van der Waals surface area contributed by atoms with Gasteiger partial charge in [0.05, 0.1) is 11.4 Å². The number of carbonyl (C=O) groups is 2. The Morgan fingerprint density at radius 2 is 1.71 bits per heavy atom. The molecular formula is C31H41FN6O3. The number of pyridine rings is 1. The number of aromatic nitrogens is 4. The molecule has 220 valence electrons. The summed E-state index contributed by atoms with van der Waals surface area (Å²) in [7, 11) is 0. The molecule has 5 rings (SSSR count). The predicted molar refractivity (Wildman–Crippen MR) is 154 cm³/mol. The van der Waals surface area contributed by atoms with Gasteiger partial charge in [0.2, 0.25) is 11.9 Å². The SMILES string of the molecule is CCc1n[nH]c(C)c1-c1ccc(NC(=O)C(NC(=O)c2conc2C)C(C2CCCCC2)C2CCCCC2)nc1F. The summed E-state index contributed by atoms with van der Waals surface area (Å²) in [5.41, 5.74) is 3.32. The number of aromatic amines is 1. The molecule has 2 fully saturated rings. The highest BCUT2D eigenvalue weighted by Crippen LogP contribution is 2.42. The third kappa shape index (κ3) is 6.36. The highest BCUT2D eigenvalue weighted by atomic mass is 19.1. The average Bonchev–Trinajstić information content (AvgIpc) is 3.58. The largest absolute Gasteiger partial charge is 0.364 e. The van der Waals surface area contributed by atoms with Gasteiger partial charge in [0.15, 0.2) is 0 Å². The number of rotatable bonds is 9. The van der Waals surface area contributed by atoms with Crippen molar-refractivity contribution in [3.05, 3.63) is 47.0 Å². The second kappa shape index (κ2) is 13.0. The number of aryl methyl sites for hydroxylation is 3. The van der Waals surface area contributed by atoms with E-state index >= 15 is 4.39 Å². The molecule has 2 saturated carbocycles. The molecule has 1 atom stereocenters. The van der Waals surface area contributed by atoms with Gasteiger partial charge in [0.25, 0.3) is 5.91 Å². The van der Waals surface area contributed by atoms with E-state index in [4.69, 9.17) is 4.52 Å². The number of nitrogens with zero attached hydrogens (tertiary/aromatic N) is 3. The first kappa shape index (κ1) is 29.0. The zero-order chi connectivity index (χ0) is 28.9. The summed E-state index contributed by atoms with van der Waals surface area (Å²) in [6.07, 6.45) is 13.0. The van der Waals surface area contributed by atoms with Crippen molar-refractivity contribution in [1.29, 1.82) is 0 Å². The lowest BCUT2D eigenvalue weighted by Gasteiger charge is -2.41. The topological polar surface area (TPSA) is 126 Å². The fourth-order valence-corrected chi connectivity index (χ4v) is 7.02. The van der Waals surface area contributed by atoms with Crippen LogP contribution in [0.5, 0.6) is 0 Å². The number of hydrogen-bond acceptors (Lipinski definition) is 6. The van der Waals surface area contributed by atoms with E-state index in [-0.39, 0.29) is 17.6 Å². The number of nitrogens with one attached hydrogen (secondary N) is 3. The van der Waals surface area contributed by atoms with Crippen molar-refractivity contribution in [2.24, 2.45) is 17.8 Å². The van der Waals surface area contributed by atoms with E-state index in [1.54, 1.807) is 19.1 Å². The molecule has 1 unspecified atom stereocenters. The van der Waals surface area contributed by atoms with E-state index in [1.165, 1.54) is 19.1 Å². The van der Waals surface area contributed by atoms with Gasteiger partial charge in [-0.3, -0.25) is 14.7 Å². The van der Waals surface area contributed by atoms with Crippen LogP contribution in [-0.2, 0) is 11.2 Å².